The zero-order valence-electron chi connectivity index (χ0n) is 14.8. The van der Waals surface area contributed by atoms with Crippen LogP contribution in [0.1, 0.15) is 27.0 Å². The summed E-state index contributed by atoms with van der Waals surface area (Å²) < 4.78 is 0. The maximum atomic E-state index is 12.7. The Labute approximate surface area is 158 Å². The van der Waals surface area contributed by atoms with Gasteiger partial charge in [-0.05, 0) is 41.3 Å². The van der Waals surface area contributed by atoms with E-state index in [2.05, 4.69) is 22.8 Å². The summed E-state index contributed by atoms with van der Waals surface area (Å²) in [7, 11) is 0. The van der Waals surface area contributed by atoms with Crippen LogP contribution in [0.2, 0.25) is 0 Å². The Hall–Kier alpha value is -3.60. The Morgan fingerprint density at radius 2 is 1.44 bits per heavy atom. The molecule has 0 radical (unpaired) electrons. The molecule has 0 aliphatic heterocycles. The Balaban J connectivity index is 1.65. The molecule has 0 saturated carbocycles. The Morgan fingerprint density at radius 1 is 0.778 bits per heavy atom. The highest BCUT2D eigenvalue weighted by Gasteiger charge is 2.11. The summed E-state index contributed by atoms with van der Waals surface area (Å²) in [6.45, 7) is 0.398. The summed E-state index contributed by atoms with van der Waals surface area (Å²) in [6.07, 6.45) is 0.706. The fourth-order valence-corrected chi connectivity index (χ4v) is 2.84. The van der Waals surface area contributed by atoms with Gasteiger partial charge >= 0.3 is 6.03 Å². The van der Waals surface area contributed by atoms with Crippen LogP contribution in [0.4, 0.5) is 10.5 Å². The number of primary amides is 1. The van der Waals surface area contributed by atoms with Gasteiger partial charge in [-0.1, -0.05) is 60.7 Å². The Morgan fingerprint density at radius 3 is 2.15 bits per heavy atom. The molecule has 0 aromatic heterocycles. The number of hydrogen-bond donors (Lipinski definition) is 3. The van der Waals surface area contributed by atoms with E-state index in [0.29, 0.717) is 24.2 Å². The lowest BCUT2D eigenvalue weighted by Gasteiger charge is -2.11. The number of carbonyl (C=O) groups is 2. The molecule has 3 aromatic rings. The van der Waals surface area contributed by atoms with Crippen molar-refractivity contribution in [3.8, 4) is 0 Å². The van der Waals surface area contributed by atoms with Crippen molar-refractivity contribution in [3.05, 3.63) is 101 Å². The molecule has 136 valence electrons. The lowest BCUT2D eigenvalue weighted by Crippen LogP contribution is -2.24. The van der Waals surface area contributed by atoms with E-state index in [0.717, 1.165) is 16.7 Å². The molecule has 0 aliphatic rings. The molecule has 0 bridgehead atoms. The van der Waals surface area contributed by atoms with Crippen LogP contribution in [0.3, 0.4) is 0 Å². The molecule has 0 aliphatic carbocycles. The van der Waals surface area contributed by atoms with Gasteiger partial charge in [0.05, 0.1) is 0 Å². The van der Waals surface area contributed by atoms with Gasteiger partial charge in [-0.25, -0.2) is 4.79 Å². The zero-order valence-corrected chi connectivity index (χ0v) is 14.8. The molecule has 0 spiro atoms. The van der Waals surface area contributed by atoms with Gasteiger partial charge in [0.1, 0.15) is 0 Å². The van der Waals surface area contributed by atoms with Gasteiger partial charge in [0, 0.05) is 17.8 Å². The Kier molecular flexibility index (Phi) is 5.84. The second-order valence-electron chi connectivity index (χ2n) is 6.19. The average Bonchev–Trinajstić information content (AvgIpc) is 2.68. The number of anilines is 1. The number of rotatable bonds is 6. The standard InChI is InChI=1S/C22H21N3O2/c23-22(27)25-19-12-10-17(11-13-19)15-24-21(26)20-9-5-4-8-18(20)14-16-6-2-1-3-7-16/h1-13H,14-15H2,(H,24,26)(H3,23,25,27). The van der Waals surface area contributed by atoms with Crippen molar-refractivity contribution in [1.29, 1.82) is 0 Å². The minimum atomic E-state index is -0.605. The number of benzene rings is 3. The molecule has 0 heterocycles. The van der Waals surface area contributed by atoms with E-state index < -0.39 is 6.03 Å². The first-order valence-corrected chi connectivity index (χ1v) is 8.67. The Bertz CT molecular complexity index is 922. The molecule has 27 heavy (non-hydrogen) atoms. The van der Waals surface area contributed by atoms with Gasteiger partial charge in [-0.2, -0.15) is 0 Å². The zero-order chi connectivity index (χ0) is 19.1. The SMILES string of the molecule is NC(=O)Nc1ccc(CNC(=O)c2ccccc2Cc2ccccc2)cc1. The number of carbonyl (C=O) groups excluding carboxylic acids is 2. The van der Waals surface area contributed by atoms with Gasteiger partial charge in [0.2, 0.25) is 0 Å². The number of urea groups is 1. The van der Waals surface area contributed by atoms with Crippen LogP contribution in [0.25, 0.3) is 0 Å². The van der Waals surface area contributed by atoms with Gasteiger partial charge in [0.15, 0.2) is 0 Å². The first kappa shape index (κ1) is 18.2. The molecule has 4 N–H and O–H groups in total. The average molecular weight is 359 g/mol. The van der Waals surface area contributed by atoms with Gasteiger partial charge in [0.25, 0.3) is 5.91 Å². The van der Waals surface area contributed by atoms with E-state index in [1.165, 1.54) is 0 Å². The molecule has 0 fully saturated rings. The number of nitrogens with two attached hydrogens (primary N) is 1. The second-order valence-corrected chi connectivity index (χ2v) is 6.19. The fourth-order valence-electron chi connectivity index (χ4n) is 2.84. The van der Waals surface area contributed by atoms with Crippen LogP contribution in [0.15, 0.2) is 78.9 Å². The lowest BCUT2D eigenvalue weighted by atomic mass is 9.99. The quantitative estimate of drug-likeness (QED) is 0.627. The largest absolute Gasteiger partial charge is 0.351 e. The minimum absolute atomic E-state index is 0.110. The van der Waals surface area contributed by atoms with E-state index >= 15 is 0 Å². The van der Waals surface area contributed by atoms with Crippen LogP contribution in [-0.2, 0) is 13.0 Å². The van der Waals surface area contributed by atoms with Gasteiger partial charge < -0.3 is 16.4 Å². The van der Waals surface area contributed by atoms with Crippen LogP contribution in [0.5, 0.6) is 0 Å². The molecular formula is C22H21N3O2. The topological polar surface area (TPSA) is 84.2 Å². The molecule has 0 atom stereocenters. The molecule has 0 saturated heterocycles. The predicted molar refractivity (Wildman–Crippen MR) is 107 cm³/mol. The molecule has 3 aromatic carbocycles. The first-order valence-electron chi connectivity index (χ1n) is 8.67. The molecule has 3 rings (SSSR count). The normalized spacial score (nSPS) is 10.2. The van der Waals surface area contributed by atoms with Crippen molar-refractivity contribution in [3.63, 3.8) is 0 Å². The summed E-state index contributed by atoms with van der Waals surface area (Å²) >= 11 is 0. The summed E-state index contributed by atoms with van der Waals surface area (Å²) in [5.41, 5.74) is 9.46. The van der Waals surface area contributed by atoms with Crippen molar-refractivity contribution in [1.82, 2.24) is 5.32 Å². The maximum absolute atomic E-state index is 12.7. The highest BCUT2D eigenvalue weighted by Crippen LogP contribution is 2.15. The van der Waals surface area contributed by atoms with Gasteiger partial charge in [-0.15, -0.1) is 0 Å². The van der Waals surface area contributed by atoms with Crippen molar-refractivity contribution in [2.24, 2.45) is 5.73 Å². The molecule has 0 unspecified atom stereocenters. The molecule has 3 amide bonds. The monoisotopic (exact) mass is 359 g/mol. The fraction of sp³-hybridized carbons (Fsp3) is 0.0909. The number of hydrogen-bond acceptors (Lipinski definition) is 2. The summed E-state index contributed by atoms with van der Waals surface area (Å²) in [5, 5.41) is 5.46. The van der Waals surface area contributed by atoms with Crippen molar-refractivity contribution < 1.29 is 9.59 Å². The van der Waals surface area contributed by atoms with E-state index in [4.69, 9.17) is 5.73 Å². The van der Waals surface area contributed by atoms with Crippen LogP contribution in [0, 0.1) is 0 Å². The number of amides is 3. The smallest absolute Gasteiger partial charge is 0.316 e. The molecule has 5 nitrogen and oxygen atoms in total. The number of nitrogens with one attached hydrogen (secondary N) is 2. The molecule has 5 heteroatoms. The van der Waals surface area contributed by atoms with E-state index in [1.54, 1.807) is 12.1 Å². The van der Waals surface area contributed by atoms with Crippen molar-refractivity contribution in [2.75, 3.05) is 5.32 Å². The second kappa shape index (κ2) is 8.67. The van der Waals surface area contributed by atoms with Crippen LogP contribution >= 0.6 is 0 Å². The predicted octanol–water partition coefficient (Wildman–Crippen LogP) is 3.70. The van der Waals surface area contributed by atoms with Crippen LogP contribution in [-0.4, -0.2) is 11.9 Å². The summed E-state index contributed by atoms with van der Waals surface area (Å²) in [4.78, 5) is 23.5. The summed E-state index contributed by atoms with van der Waals surface area (Å²) in [6, 6.07) is 24.3. The van der Waals surface area contributed by atoms with Crippen LogP contribution < -0.4 is 16.4 Å². The maximum Gasteiger partial charge on any atom is 0.316 e. The van der Waals surface area contributed by atoms with E-state index in [1.807, 2.05) is 54.6 Å². The first-order chi connectivity index (χ1) is 13.1. The van der Waals surface area contributed by atoms with Gasteiger partial charge in [-0.3, -0.25) is 4.79 Å². The van der Waals surface area contributed by atoms with E-state index in [9.17, 15) is 9.59 Å². The third-order valence-corrected chi connectivity index (χ3v) is 4.17. The minimum Gasteiger partial charge on any atom is -0.351 e. The van der Waals surface area contributed by atoms with Crippen molar-refractivity contribution >= 4 is 17.6 Å². The highest BCUT2D eigenvalue weighted by atomic mass is 16.2. The molecular weight excluding hydrogens is 338 g/mol. The third kappa shape index (κ3) is 5.19. The lowest BCUT2D eigenvalue weighted by molar-refractivity contribution is 0.0950. The van der Waals surface area contributed by atoms with Crippen molar-refractivity contribution in [2.45, 2.75) is 13.0 Å². The third-order valence-electron chi connectivity index (χ3n) is 4.17. The van der Waals surface area contributed by atoms with E-state index in [-0.39, 0.29) is 5.91 Å². The highest BCUT2D eigenvalue weighted by molar-refractivity contribution is 5.95. The summed E-state index contributed by atoms with van der Waals surface area (Å²) in [5.74, 6) is -0.110.